The second-order valence-electron chi connectivity index (χ2n) is 2.84. The van der Waals surface area contributed by atoms with E-state index in [1.807, 2.05) is 24.5 Å². The van der Waals surface area contributed by atoms with Crippen LogP contribution in [0.1, 0.15) is 0 Å². The number of rotatable bonds is 2. The summed E-state index contributed by atoms with van der Waals surface area (Å²) in [6.07, 6.45) is 2.56. The van der Waals surface area contributed by atoms with Crippen molar-refractivity contribution in [3.8, 4) is 0 Å². The van der Waals surface area contributed by atoms with Crippen LogP contribution in [-0.4, -0.2) is 27.1 Å². The Hall–Kier alpha value is -1.69. The Bertz CT molecular complexity index is 509. The van der Waals surface area contributed by atoms with Crippen LogP contribution in [0.25, 0.3) is 5.52 Å². The van der Waals surface area contributed by atoms with Gasteiger partial charge in [-0.1, -0.05) is 6.07 Å². The zero-order chi connectivity index (χ0) is 10.8. The van der Waals surface area contributed by atoms with E-state index in [9.17, 15) is 4.79 Å². The Morgan fingerprint density at radius 3 is 3.07 bits per heavy atom. The second kappa shape index (κ2) is 3.82. The Morgan fingerprint density at radius 1 is 1.60 bits per heavy atom. The zero-order valence-corrected chi connectivity index (χ0v) is 8.78. The first kappa shape index (κ1) is 9.85. The van der Waals surface area contributed by atoms with Gasteiger partial charge >= 0.3 is 6.09 Å². The molecule has 1 amide bonds. The summed E-state index contributed by atoms with van der Waals surface area (Å²) < 4.78 is 1.65. The van der Waals surface area contributed by atoms with Crippen molar-refractivity contribution in [2.75, 3.05) is 11.6 Å². The maximum Gasteiger partial charge on any atom is 0.409 e. The maximum absolute atomic E-state index is 10.6. The van der Waals surface area contributed by atoms with Crippen molar-refractivity contribution in [3.63, 3.8) is 0 Å². The van der Waals surface area contributed by atoms with Crippen molar-refractivity contribution in [1.82, 2.24) is 9.61 Å². The number of hydrogen-bond donors (Lipinski definition) is 2. The van der Waals surface area contributed by atoms with E-state index in [0.717, 1.165) is 5.52 Å². The molecule has 2 aromatic heterocycles. The summed E-state index contributed by atoms with van der Waals surface area (Å²) >= 11 is 1.41. The summed E-state index contributed by atoms with van der Waals surface area (Å²) in [6, 6.07) is 5.50. The maximum atomic E-state index is 10.6. The number of nitrogens with zero attached hydrogens (tertiary/aromatic N) is 2. The van der Waals surface area contributed by atoms with Crippen molar-refractivity contribution >= 4 is 29.1 Å². The summed E-state index contributed by atoms with van der Waals surface area (Å²) in [6.45, 7) is 0. The van der Waals surface area contributed by atoms with E-state index in [1.165, 1.54) is 11.8 Å². The van der Waals surface area contributed by atoms with Crippen LogP contribution in [0.4, 0.5) is 10.5 Å². The average Bonchev–Trinajstić information content (AvgIpc) is 2.56. The Balaban J connectivity index is 2.61. The minimum atomic E-state index is -1.08. The van der Waals surface area contributed by atoms with Gasteiger partial charge in [0.05, 0.1) is 5.52 Å². The monoisotopic (exact) mass is 223 g/mol. The number of hydrogen-bond acceptors (Lipinski definition) is 3. The van der Waals surface area contributed by atoms with E-state index < -0.39 is 6.09 Å². The molecular formula is C9H9N3O2S. The highest BCUT2D eigenvalue weighted by atomic mass is 32.2. The molecule has 0 atom stereocenters. The molecule has 5 nitrogen and oxygen atoms in total. The molecule has 0 saturated carbocycles. The number of amides is 1. The lowest BCUT2D eigenvalue weighted by Gasteiger charge is -1.99. The van der Waals surface area contributed by atoms with Crippen molar-refractivity contribution in [3.05, 3.63) is 24.4 Å². The summed E-state index contributed by atoms with van der Waals surface area (Å²) in [4.78, 5) is 10.6. The van der Waals surface area contributed by atoms with Gasteiger partial charge in [-0.25, -0.2) is 9.31 Å². The molecular weight excluding hydrogens is 214 g/mol. The smallest absolute Gasteiger partial charge is 0.409 e. The Labute approximate surface area is 90.1 Å². The van der Waals surface area contributed by atoms with Gasteiger partial charge in [0, 0.05) is 6.20 Å². The fourth-order valence-electron chi connectivity index (χ4n) is 1.34. The van der Waals surface area contributed by atoms with Gasteiger partial charge in [0.2, 0.25) is 0 Å². The Kier molecular flexibility index (Phi) is 2.51. The lowest BCUT2D eigenvalue weighted by molar-refractivity contribution is 0.209. The molecule has 0 aromatic carbocycles. The fraction of sp³-hybridized carbons (Fsp3) is 0.111. The van der Waals surface area contributed by atoms with Gasteiger partial charge < -0.3 is 5.11 Å². The molecule has 0 saturated heterocycles. The van der Waals surface area contributed by atoms with Crippen LogP contribution < -0.4 is 5.32 Å². The van der Waals surface area contributed by atoms with Gasteiger partial charge in [-0.05, 0) is 18.4 Å². The van der Waals surface area contributed by atoms with Crippen molar-refractivity contribution in [2.24, 2.45) is 0 Å². The van der Waals surface area contributed by atoms with Crippen molar-refractivity contribution in [2.45, 2.75) is 5.03 Å². The molecule has 2 N–H and O–H groups in total. The number of aromatic nitrogens is 2. The van der Waals surface area contributed by atoms with E-state index in [2.05, 4.69) is 10.4 Å². The van der Waals surface area contributed by atoms with Crippen LogP contribution in [-0.2, 0) is 0 Å². The lowest BCUT2D eigenvalue weighted by atomic mass is 10.4. The van der Waals surface area contributed by atoms with E-state index >= 15 is 0 Å². The largest absolute Gasteiger partial charge is 0.465 e. The second-order valence-corrected chi connectivity index (χ2v) is 3.64. The molecule has 2 rings (SSSR count). The highest BCUT2D eigenvalue weighted by Crippen LogP contribution is 2.28. The van der Waals surface area contributed by atoms with Gasteiger partial charge in [-0.3, -0.25) is 5.32 Å². The molecule has 6 heteroatoms. The normalized spacial score (nSPS) is 10.5. The van der Waals surface area contributed by atoms with Crippen LogP contribution >= 0.6 is 11.8 Å². The SMILES string of the molecule is CSc1nn2ccccc2c1NC(=O)O. The third-order valence-electron chi connectivity index (χ3n) is 1.93. The summed E-state index contributed by atoms with van der Waals surface area (Å²) in [5.74, 6) is 0. The Morgan fingerprint density at radius 2 is 2.40 bits per heavy atom. The number of nitrogens with one attached hydrogen (secondary N) is 1. The number of thioether (sulfide) groups is 1. The molecule has 0 bridgehead atoms. The van der Waals surface area contributed by atoms with Gasteiger partial charge in [0.1, 0.15) is 10.7 Å². The zero-order valence-electron chi connectivity index (χ0n) is 7.97. The van der Waals surface area contributed by atoms with Gasteiger partial charge in [-0.2, -0.15) is 5.10 Å². The predicted molar refractivity (Wildman–Crippen MR) is 58.6 cm³/mol. The van der Waals surface area contributed by atoms with Crippen molar-refractivity contribution in [1.29, 1.82) is 0 Å². The van der Waals surface area contributed by atoms with Crippen LogP contribution in [0.15, 0.2) is 29.4 Å². The summed E-state index contributed by atoms with van der Waals surface area (Å²) in [5, 5.41) is 16.0. The first-order valence-electron chi connectivity index (χ1n) is 4.23. The van der Waals surface area contributed by atoms with Crippen LogP contribution in [0, 0.1) is 0 Å². The first-order chi connectivity index (χ1) is 7.22. The number of fused-ring (bicyclic) bond motifs is 1. The van der Waals surface area contributed by atoms with E-state index in [-0.39, 0.29) is 0 Å². The average molecular weight is 223 g/mol. The lowest BCUT2D eigenvalue weighted by Crippen LogP contribution is -2.07. The fourth-order valence-corrected chi connectivity index (χ4v) is 1.87. The molecule has 2 heterocycles. The molecule has 2 aromatic rings. The first-order valence-corrected chi connectivity index (χ1v) is 5.46. The number of anilines is 1. The van der Waals surface area contributed by atoms with Gasteiger partial charge in [0.25, 0.3) is 0 Å². The topological polar surface area (TPSA) is 66.6 Å². The quantitative estimate of drug-likeness (QED) is 0.765. The van der Waals surface area contributed by atoms with Crippen molar-refractivity contribution < 1.29 is 9.90 Å². The van der Waals surface area contributed by atoms with E-state index in [0.29, 0.717) is 10.7 Å². The third-order valence-corrected chi connectivity index (χ3v) is 2.61. The molecule has 0 aliphatic rings. The number of carbonyl (C=O) groups is 1. The molecule has 78 valence electrons. The van der Waals surface area contributed by atoms with E-state index in [4.69, 9.17) is 5.11 Å². The van der Waals surface area contributed by atoms with Gasteiger partial charge in [0.15, 0.2) is 0 Å². The number of pyridine rings is 1. The summed E-state index contributed by atoms with van der Waals surface area (Å²) in [7, 11) is 0. The highest BCUT2D eigenvalue weighted by molar-refractivity contribution is 7.98. The van der Waals surface area contributed by atoms with Crippen LogP contribution in [0.3, 0.4) is 0 Å². The molecule has 0 fully saturated rings. The minimum absolute atomic E-state index is 0.538. The number of carboxylic acid groups (broad SMARTS) is 1. The molecule has 0 aliphatic heterocycles. The minimum Gasteiger partial charge on any atom is -0.465 e. The molecule has 15 heavy (non-hydrogen) atoms. The van der Waals surface area contributed by atoms with Crippen LogP contribution in [0.5, 0.6) is 0 Å². The van der Waals surface area contributed by atoms with Crippen LogP contribution in [0.2, 0.25) is 0 Å². The predicted octanol–water partition coefficient (Wildman–Crippen LogP) is 2.15. The molecule has 0 radical (unpaired) electrons. The molecule has 0 unspecified atom stereocenters. The third kappa shape index (κ3) is 1.75. The van der Waals surface area contributed by atoms with Gasteiger partial charge in [-0.15, -0.1) is 11.8 Å². The molecule has 0 spiro atoms. The summed E-state index contributed by atoms with van der Waals surface area (Å²) in [5.41, 5.74) is 1.29. The standard InChI is InChI=1S/C9H9N3O2S/c1-15-8-7(10-9(13)14)6-4-2-3-5-12(6)11-8/h2-5,10H,1H3,(H,13,14). The van der Waals surface area contributed by atoms with E-state index in [1.54, 1.807) is 10.7 Å². The molecule has 0 aliphatic carbocycles. The highest BCUT2D eigenvalue weighted by Gasteiger charge is 2.13.